The minimum atomic E-state index is -0.205. The topological polar surface area (TPSA) is 68.6 Å². The average molecular weight is 431 g/mol. The molecule has 8 heteroatoms. The van der Waals surface area contributed by atoms with E-state index in [1.165, 1.54) is 24.1 Å². The number of carbonyl (C=O) groups excluding carboxylic acids is 1. The van der Waals surface area contributed by atoms with Gasteiger partial charge in [0.15, 0.2) is 5.11 Å². The summed E-state index contributed by atoms with van der Waals surface area (Å²) in [7, 11) is 3.13. The van der Waals surface area contributed by atoms with Gasteiger partial charge in [0.1, 0.15) is 0 Å². The number of nitrogens with one attached hydrogen (secondary N) is 1. The summed E-state index contributed by atoms with van der Waals surface area (Å²) in [5.41, 5.74) is 4.54. The fraction of sp³-hybridized carbons (Fsp3) is 0.500. The highest BCUT2D eigenvalue weighted by molar-refractivity contribution is 7.80. The number of hydrogen-bond donors (Lipinski definition) is 1. The lowest BCUT2D eigenvalue weighted by atomic mass is 9.96. The summed E-state index contributed by atoms with van der Waals surface area (Å²) in [6.07, 6.45) is 2.84. The molecule has 1 aliphatic heterocycles. The summed E-state index contributed by atoms with van der Waals surface area (Å²) < 4.78 is 12.4. The molecule has 0 aromatic carbocycles. The van der Waals surface area contributed by atoms with E-state index >= 15 is 0 Å². The zero-order valence-electron chi connectivity index (χ0n) is 18.1. The highest BCUT2D eigenvalue weighted by Gasteiger charge is 2.41. The molecule has 0 bridgehead atoms. The summed E-state index contributed by atoms with van der Waals surface area (Å²) in [6.45, 7) is 6.38. The van der Waals surface area contributed by atoms with E-state index in [1.807, 2.05) is 18.2 Å². The first-order chi connectivity index (χ1) is 14.5. The molecule has 2 aromatic heterocycles. The van der Waals surface area contributed by atoms with Crippen LogP contribution in [0, 0.1) is 13.8 Å². The number of rotatable bonds is 9. The highest BCUT2D eigenvalue weighted by Crippen LogP contribution is 2.40. The summed E-state index contributed by atoms with van der Waals surface area (Å²) in [5.74, 6) is -0.205. The first-order valence-corrected chi connectivity index (χ1v) is 10.6. The van der Waals surface area contributed by atoms with Crippen LogP contribution in [0.5, 0.6) is 0 Å². The van der Waals surface area contributed by atoms with Gasteiger partial charge < -0.3 is 24.3 Å². The first kappa shape index (κ1) is 22.2. The number of thiocarbonyl (C=S) groups is 1. The molecule has 3 heterocycles. The van der Waals surface area contributed by atoms with Crippen molar-refractivity contribution in [3.63, 3.8) is 0 Å². The van der Waals surface area contributed by atoms with Gasteiger partial charge in [-0.15, -0.1) is 0 Å². The number of methoxy groups -OCH3 is 2. The van der Waals surface area contributed by atoms with Crippen LogP contribution < -0.4 is 5.32 Å². The molecule has 2 aromatic rings. The van der Waals surface area contributed by atoms with E-state index in [1.54, 1.807) is 13.3 Å². The molecule has 1 aliphatic rings. The highest BCUT2D eigenvalue weighted by atomic mass is 32.1. The Morgan fingerprint density at radius 1 is 1.27 bits per heavy atom. The zero-order chi connectivity index (χ0) is 21.7. The van der Waals surface area contributed by atoms with Crippen molar-refractivity contribution in [2.45, 2.75) is 45.3 Å². The van der Waals surface area contributed by atoms with E-state index in [2.05, 4.69) is 39.7 Å². The average Bonchev–Trinajstić information content (AvgIpc) is 3.22. The van der Waals surface area contributed by atoms with Crippen LogP contribution in [-0.4, -0.2) is 52.9 Å². The van der Waals surface area contributed by atoms with Crippen LogP contribution in [0.25, 0.3) is 0 Å². The molecule has 0 saturated carbocycles. The van der Waals surface area contributed by atoms with E-state index in [-0.39, 0.29) is 18.1 Å². The maximum absolute atomic E-state index is 11.6. The number of aromatic nitrogens is 2. The van der Waals surface area contributed by atoms with Gasteiger partial charge in [0, 0.05) is 44.2 Å². The molecule has 3 rings (SSSR count). The third kappa shape index (κ3) is 4.65. The molecule has 1 saturated heterocycles. The SMILES string of the molecule is COCCn1c(C)cc([C@H]2[C@H](c3ccccn3)NC(=S)N2CCCC(=O)OC)c1C. The lowest BCUT2D eigenvalue weighted by Crippen LogP contribution is -2.31. The summed E-state index contributed by atoms with van der Waals surface area (Å²) in [5, 5.41) is 4.15. The molecule has 2 atom stereocenters. The third-order valence-electron chi connectivity index (χ3n) is 5.66. The fourth-order valence-corrected chi connectivity index (χ4v) is 4.47. The van der Waals surface area contributed by atoms with Crippen LogP contribution >= 0.6 is 12.2 Å². The number of hydrogen-bond acceptors (Lipinski definition) is 5. The Morgan fingerprint density at radius 2 is 2.07 bits per heavy atom. The predicted molar refractivity (Wildman–Crippen MR) is 119 cm³/mol. The lowest BCUT2D eigenvalue weighted by molar-refractivity contribution is -0.140. The maximum Gasteiger partial charge on any atom is 0.305 e. The molecular formula is C22H30N4O3S. The molecule has 0 unspecified atom stereocenters. The third-order valence-corrected chi connectivity index (χ3v) is 6.01. The number of ether oxygens (including phenoxy) is 2. The smallest absolute Gasteiger partial charge is 0.305 e. The van der Waals surface area contributed by atoms with E-state index in [0.717, 1.165) is 12.2 Å². The second-order valence-corrected chi connectivity index (χ2v) is 7.86. The minimum Gasteiger partial charge on any atom is -0.469 e. The van der Waals surface area contributed by atoms with Crippen molar-refractivity contribution in [2.24, 2.45) is 0 Å². The Balaban J connectivity index is 1.95. The molecule has 0 spiro atoms. The van der Waals surface area contributed by atoms with Crippen LogP contribution in [0.2, 0.25) is 0 Å². The van der Waals surface area contributed by atoms with Gasteiger partial charge in [-0.25, -0.2) is 0 Å². The van der Waals surface area contributed by atoms with Crippen molar-refractivity contribution < 1.29 is 14.3 Å². The van der Waals surface area contributed by atoms with Gasteiger partial charge in [0.2, 0.25) is 0 Å². The Bertz CT molecular complexity index is 884. The standard InChI is InChI=1S/C22H30N4O3S/c1-15-14-17(16(2)25(15)12-13-28-3)21-20(18-8-5-6-10-23-18)24-22(30)26(21)11-7-9-19(27)29-4/h5-6,8,10,14,20-21H,7,9,11-13H2,1-4H3,(H,24,30)/t20-,21-/m0/s1. The van der Waals surface area contributed by atoms with E-state index in [0.29, 0.717) is 31.1 Å². The van der Waals surface area contributed by atoms with Crippen LogP contribution in [0.1, 0.15) is 47.6 Å². The zero-order valence-corrected chi connectivity index (χ0v) is 18.9. The van der Waals surface area contributed by atoms with Crippen molar-refractivity contribution in [3.8, 4) is 0 Å². The van der Waals surface area contributed by atoms with Crippen molar-refractivity contribution in [3.05, 3.63) is 53.1 Å². The molecule has 30 heavy (non-hydrogen) atoms. The molecule has 0 radical (unpaired) electrons. The van der Waals surface area contributed by atoms with Crippen LogP contribution in [0.4, 0.5) is 0 Å². The van der Waals surface area contributed by atoms with Gasteiger partial charge in [-0.2, -0.15) is 0 Å². The Morgan fingerprint density at radius 3 is 2.73 bits per heavy atom. The predicted octanol–water partition coefficient (Wildman–Crippen LogP) is 3.07. The van der Waals surface area contributed by atoms with Crippen molar-refractivity contribution >= 4 is 23.3 Å². The summed E-state index contributed by atoms with van der Waals surface area (Å²) in [6, 6.07) is 8.09. The number of carbonyl (C=O) groups is 1. The monoisotopic (exact) mass is 430 g/mol. The molecule has 1 N–H and O–H groups in total. The summed E-state index contributed by atoms with van der Waals surface area (Å²) in [4.78, 5) is 18.4. The van der Waals surface area contributed by atoms with E-state index in [9.17, 15) is 4.79 Å². The molecule has 0 amide bonds. The van der Waals surface area contributed by atoms with Gasteiger partial charge in [0.05, 0.1) is 31.5 Å². The van der Waals surface area contributed by atoms with Gasteiger partial charge in [-0.3, -0.25) is 9.78 Å². The van der Waals surface area contributed by atoms with Gasteiger partial charge >= 0.3 is 5.97 Å². The van der Waals surface area contributed by atoms with Crippen molar-refractivity contribution in [1.29, 1.82) is 0 Å². The second-order valence-electron chi connectivity index (χ2n) is 7.47. The first-order valence-electron chi connectivity index (χ1n) is 10.2. The summed E-state index contributed by atoms with van der Waals surface area (Å²) >= 11 is 5.70. The molecule has 0 aliphatic carbocycles. The number of esters is 1. The Labute approximate surface area is 183 Å². The van der Waals surface area contributed by atoms with Crippen molar-refractivity contribution in [1.82, 2.24) is 19.8 Å². The van der Waals surface area contributed by atoms with Gasteiger partial charge in [0.25, 0.3) is 0 Å². The van der Waals surface area contributed by atoms with E-state index < -0.39 is 0 Å². The molecule has 1 fully saturated rings. The fourth-order valence-electron chi connectivity index (χ4n) is 4.13. The Kier molecular flexibility index (Phi) is 7.44. The largest absolute Gasteiger partial charge is 0.469 e. The van der Waals surface area contributed by atoms with Crippen LogP contribution in [-0.2, 0) is 20.8 Å². The number of pyridine rings is 1. The second kappa shape index (κ2) is 10.0. The van der Waals surface area contributed by atoms with Crippen LogP contribution in [0.3, 0.4) is 0 Å². The quantitative estimate of drug-likeness (QED) is 0.484. The van der Waals surface area contributed by atoms with Crippen LogP contribution in [0.15, 0.2) is 30.5 Å². The molecule has 7 nitrogen and oxygen atoms in total. The Hall–Kier alpha value is -2.45. The normalized spacial score (nSPS) is 18.5. The number of nitrogens with zero attached hydrogens (tertiary/aromatic N) is 3. The van der Waals surface area contributed by atoms with Gasteiger partial charge in [-0.05, 0) is 56.2 Å². The molecule has 162 valence electrons. The van der Waals surface area contributed by atoms with Gasteiger partial charge in [-0.1, -0.05) is 6.07 Å². The maximum atomic E-state index is 11.6. The van der Waals surface area contributed by atoms with E-state index in [4.69, 9.17) is 21.7 Å². The minimum absolute atomic E-state index is 0.00691. The lowest BCUT2D eigenvalue weighted by Gasteiger charge is -2.28. The molecular weight excluding hydrogens is 400 g/mol. The van der Waals surface area contributed by atoms with Crippen molar-refractivity contribution in [2.75, 3.05) is 27.4 Å². The number of aryl methyl sites for hydroxylation is 1.